The van der Waals surface area contributed by atoms with Crippen molar-refractivity contribution in [2.24, 2.45) is 0 Å². The van der Waals surface area contributed by atoms with Gasteiger partial charge in [-0.2, -0.15) is 0 Å². The lowest BCUT2D eigenvalue weighted by molar-refractivity contribution is 1.28. The highest BCUT2D eigenvalue weighted by Gasteiger charge is 2.11. The predicted octanol–water partition coefficient (Wildman–Crippen LogP) is 5.06. The Balaban J connectivity index is 1.76. The Hall–Kier alpha value is -2.85. The minimum absolute atomic E-state index is 0.828. The van der Waals surface area contributed by atoms with Crippen LogP contribution < -0.4 is 0 Å². The summed E-state index contributed by atoms with van der Waals surface area (Å²) in [5.41, 5.74) is 3.67. The summed E-state index contributed by atoms with van der Waals surface area (Å²) in [6.07, 6.45) is 1.81. The topological polar surface area (TPSA) is 38.7 Å². The third kappa shape index (κ3) is 1.99. The number of aromatic nitrogens is 3. The van der Waals surface area contributed by atoms with Gasteiger partial charge in [-0.25, -0.2) is 9.97 Å². The van der Waals surface area contributed by atoms with E-state index in [0.717, 1.165) is 27.3 Å². The molecule has 0 N–H and O–H groups in total. The standard InChI is InChI=1S/C19H11N3S/c1-2-6-13-12(5-1)9-10-17-18(13)22-19(23-17)16-11-20-14-7-3-4-8-15(14)21-16/h1-11H. The summed E-state index contributed by atoms with van der Waals surface area (Å²) in [6, 6.07) is 20.5. The van der Waals surface area contributed by atoms with E-state index in [1.54, 1.807) is 11.3 Å². The van der Waals surface area contributed by atoms with E-state index in [1.165, 1.54) is 15.5 Å². The smallest absolute Gasteiger partial charge is 0.144 e. The van der Waals surface area contributed by atoms with E-state index < -0.39 is 0 Å². The summed E-state index contributed by atoms with van der Waals surface area (Å²) in [7, 11) is 0. The molecule has 0 bridgehead atoms. The molecule has 5 rings (SSSR count). The van der Waals surface area contributed by atoms with Gasteiger partial charge in [-0.05, 0) is 23.6 Å². The zero-order valence-corrected chi connectivity index (χ0v) is 12.9. The maximum absolute atomic E-state index is 4.83. The molecule has 4 heteroatoms. The van der Waals surface area contributed by atoms with Gasteiger partial charge in [0, 0.05) is 5.39 Å². The van der Waals surface area contributed by atoms with Crippen molar-refractivity contribution in [3.8, 4) is 10.7 Å². The summed E-state index contributed by atoms with van der Waals surface area (Å²) in [5.74, 6) is 0. The van der Waals surface area contributed by atoms with E-state index in [9.17, 15) is 0 Å². The van der Waals surface area contributed by atoms with Gasteiger partial charge >= 0.3 is 0 Å². The van der Waals surface area contributed by atoms with Crippen LogP contribution in [0.1, 0.15) is 0 Å². The summed E-state index contributed by atoms with van der Waals surface area (Å²) < 4.78 is 1.17. The fourth-order valence-corrected chi connectivity index (χ4v) is 3.77. The molecule has 0 aliphatic carbocycles. The first-order valence-corrected chi connectivity index (χ1v) is 8.21. The number of fused-ring (bicyclic) bond motifs is 4. The number of hydrogen-bond donors (Lipinski definition) is 0. The zero-order valence-electron chi connectivity index (χ0n) is 12.1. The van der Waals surface area contributed by atoms with Gasteiger partial charge < -0.3 is 0 Å². The molecule has 0 fully saturated rings. The quantitative estimate of drug-likeness (QED) is 0.434. The molecule has 0 aliphatic heterocycles. The third-order valence-electron chi connectivity index (χ3n) is 3.95. The first-order chi connectivity index (χ1) is 11.4. The van der Waals surface area contributed by atoms with Crippen molar-refractivity contribution < 1.29 is 0 Å². The molecule has 0 aliphatic rings. The van der Waals surface area contributed by atoms with Crippen LogP contribution in [-0.4, -0.2) is 15.0 Å². The normalized spacial score (nSPS) is 11.5. The van der Waals surface area contributed by atoms with Crippen LogP contribution in [0.5, 0.6) is 0 Å². The summed E-state index contributed by atoms with van der Waals surface area (Å²) >= 11 is 1.66. The molecule has 108 valence electrons. The lowest BCUT2D eigenvalue weighted by Crippen LogP contribution is -1.87. The minimum atomic E-state index is 0.828. The Bertz CT molecular complexity index is 1180. The number of benzene rings is 3. The molecule has 0 atom stereocenters. The van der Waals surface area contributed by atoms with Crippen LogP contribution in [0, 0.1) is 0 Å². The van der Waals surface area contributed by atoms with Crippen LogP contribution in [0.15, 0.2) is 66.9 Å². The van der Waals surface area contributed by atoms with Crippen LogP contribution in [0.4, 0.5) is 0 Å². The second kappa shape index (κ2) is 4.83. The van der Waals surface area contributed by atoms with Gasteiger partial charge in [-0.15, -0.1) is 11.3 Å². The number of nitrogens with zero attached hydrogens (tertiary/aromatic N) is 3. The molecule has 23 heavy (non-hydrogen) atoms. The summed E-state index contributed by atoms with van der Waals surface area (Å²) in [4.78, 5) is 14.0. The summed E-state index contributed by atoms with van der Waals surface area (Å²) in [6.45, 7) is 0. The molecule has 5 aromatic rings. The molecule has 0 saturated heterocycles. The van der Waals surface area contributed by atoms with Crippen molar-refractivity contribution in [1.82, 2.24) is 15.0 Å². The van der Waals surface area contributed by atoms with Gasteiger partial charge in [0.05, 0.1) is 27.4 Å². The molecule has 2 heterocycles. The molecule has 0 radical (unpaired) electrons. The molecular formula is C19H11N3S. The first-order valence-electron chi connectivity index (χ1n) is 7.39. The van der Waals surface area contributed by atoms with Crippen LogP contribution in [0.2, 0.25) is 0 Å². The second-order valence-corrected chi connectivity index (χ2v) is 6.43. The molecule has 2 aromatic heterocycles. The highest BCUT2D eigenvalue weighted by atomic mass is 32.1. The van der Waals surface area contributed by atoms with Crippen LogP contribution in [-0.2, 0) is 0 Å². The molecule has 0 saturated carbocycles. The highest BCUT2D eigenvalue weighted by Crippen LogP contribution is 2.33. The third-order valence-corrected chi connectivity index (χ3v) is 4.99. The number of rotatable bonds is 1. The Morgan fingerprint density at radius 1 is 0.739 bits per heavy atom. The fraction of sp³-hybridized carbons (Fsp3) is 0. The van der Waals surface area contributed by atoms with Crippen molar-refractivity contribution in [2.45, 2.75) is 0 Å². The summed E-state index contributed by atoms with van der Waals surface area (Å²) in [5, 5.41) is 3.30. The monoisotopic (exact) mass is 313 g/mol. The number of hydrogen-bond acceptors (Lipinski definition) is 4. The molecule has 3 nitrogen and oxygen atoms in total. The first kappa shape index (κ1) is 12.7. The van der Waals surface area contributed by atoms with E-state index in [-0.39, 0.29) is 0 Å². The highest BCUT2D eigenvalue weighted by molar-refractivity contribution is 7.21. The van der Waals surface area contributed by atoms with E-state index in [2.05, 4.69) is 41.4 Å². The maximum Gasteiger partial charge on any atom is 0.144 e. The molecule has 0 spiro atoms. The van der Waals surface area contributed by atoms with Gasteiger partial charge in [-0.3, -0.25) is 4.98 Å². The van der Waals surface area contributed by atoms with Crippen molar-refractivity contribution >= 4 is 43.4 Å². The Morgan fingerprint density at radius 3 is 2.52 bits per heavy atom. The Morgan fingerprint density at radius 2 is 1.57 bits per heavy atom. The largest absolute Gasteiger partial charge is 0.252 e. The van der Waals surface area contributed by atoms with Gasteiger partial charge in [0.2, 0.25) is 0 Å². The van der Waals surface area contributed by atoms with E-state index in [0.29, 0.717) is 0 Å². The van der Waals surface area contributed by atoms with Crippen molar-refractivity contribution in [3.05, 3.63) is 66.9 Å². The fourth-order valence-electron chi connectivity index (χ4n) is 2.83. The molecule has 0 unspecified atom stereocenters. The molecule has 3 aromatic carbocycles. The van der Waals surface area contributed by atoms with E-state index in [1.807, 2.05) is 30.5 Å². The average Bonchev–Trinajstić information content (AvgIpc) is 3.06. The second-order valence-electron chi connectivity index (χ2n) is 5.40. The van der Waals surface area contributed by atoms with Crippen LogP contribution in [0.3, 0.4) is 0 Å². The lowest BCUT2D eigenvalue weighted by atomic mass is 10.1. The Labute approximate surface area is 136 Å². The average molecular weight is 313 g/mol. The van der Waals surface area contributed by atoms with Gasteiger partial charge in [-0.1, -0.05) is 42.5 Å². The van der Waals surface area contributed by atoms with E-state index in [4.69, 9.17) is 9.97 Å². The van der Waals surface area contributed by atoms with Crippen LogP contribution >= 0.6 is 11.3 Å². The Kier molecular flexibility index (Phi) is 2.66. The molecule has 0 amide bonds. The number of thiazole rings is 1. The SMILES string of the molecule is c1ccc2c(c1)ccc1sc(-c3cnc4ccccc4n3)nc12. The minimum Gasteiger partial charge on any atom is -0.252 e. The van der Waals surface area contributed by atoms with Crippen molar-refractivity contribution in [3.63, 3.8) is 0 Å². The number of para-hydroxylation sites is 2. The predicted molar refractivity (Wildman–Crippen MR) is 95.7 cm³/mol. The van der Waals surface area contributed by atoms with Gasteiger partial charge in [0.1, 0.15) is 10.7 Å². The lowest BCUT2D eigenvalue weighted by Gasteiger charge is -1.98. The van der Waals surface area contributed by atoms with Gasteiger partial charge in [0.25, 0.3) is 0 Å². The van der Waals surface area contributed by atoms with Crippen molar-refractivity contribution in [1.29, 1.82) is 0 Å². The van der Waals surface area contributed by atoms with Crippen molar-refractivity contribution in [2.75, 3.05) is 0 Å². The van der Waals surface area contributed by atoms with E-state index >= 15 is 0 Å². The van der Waals surface area contributed by atoms with Gasteiger partial charge in [0.15, 0.2) is 0 Å². The zero-order chi connectivity index (χ0) is 15.2. The maximum atomic E-state index is 4.83. The molecular weight excluding hydrogens is 302 g/mol. The van der Waals surface area contributed by atoms with Crippen LogP contribution in [0.25, 0.3) is 42.7 Å².